The van der Waals surface area contributed by atoms with Crippen LogP contribution in [0.3, 0.4) is 0 Å². The summed E-state index contributed by atoms with van der Waals surface area (Å²) in [6.45, 7) is 8.63. The number of sulfonamides is 1. The highest BCUT2D eigenvalue weighted by Crippen LogP contribution is 2.23. The zero-order chi connectivity index (χ0) is 24.3. The van der Waals surface area contributed by atoms with Gasteiger partial charge in [0.1, 0.15) is 5.82 Å². The summed E-state index contributed by atoms with van der Waals surface area (Å²) < 4.78 is 46.3. The lowest BCUT2D eigenvalue weighted by atomic mass is 9.95. The quantitative estimate of drug-likeness (QED) is 0.671. The van der Waals surface area contributed by atoms with E-state index in [1.807, 2.05) is 4.90 Å². The lowest BCUT2D eigenvalue weighted by Crippen LogP contribution is -2.48. The monoisotopic (exact) mass is 489 g/mol. The Morgan fingerprint density at radius 1 is 1.00 bits per heavy atom. The van der Waals surface area contributed by atoms with Crippen LogP contribution in [0.5, 0.6) is 0 Å². The molecule has 2 aromatic rings. The molecule has 0 radical (unpaired) electrons. The first kappa shape index (κ1) is 24.6. The van der Waals surface area contributed by atoms with E-state index >= 15 is 0 Å². The highest BCUT2D eigenvalue weighted by Gasteiger charge is 2.28. The summed E-state index contributed by atoms with van der Waals surface area (Å²) in [6, 6.07) is 11.0. The first-order chi connectivity index (χ1) is 16.2. The molecular weight excluding hydrogens is 457 g/mol. The van der Waals surface area contributed by atoms with Crippen molar-refractivity contribution in [2.24, 2.45) is 5.92 Å². The summed E-state index contributed by atoms with van der Waals surface area (Å²) in [4.78, 5) is 17.3. The molecule has 2 aliphatic rings. The van der Waals surface area contributed by atoms with Crippen molar-refractivity contribution < 1.29 is 22.3 Å². The van der Waals surface area contributed by atoms with Gasteiger partial charge >= 0.3 is 0 Å². The molecule has 2 aromatic carbocycles. The molecule has 1 amide bonds. The third-order valence-electron chi connectivity index (χ3n) is 6.42. The molecule has 4 rings (SSSR count). The highest BCUT2D eigenvalue weighted by molar-refractivity contribution is 7.92. The molecule has 7 nitrogen and oxygen atoms in total. The van der Waals surface area contributed by atoms with E-state index in [4.69, 9.17) is 4.74 Å². The molecule has 2 aliphatic heterocycles. The van der Waals surface area contributed by atoms with Crippen molar-refractivity contribution in [3.63, 3.8) is 0 Å². The van der Waals surface area contributed by atoms with Crippen molar-refractivity contribution in [3.8, 4) is 0 Å². The fourth-order valence-electron chi connectivity index (χ4n) is 4.81. The number of anilines is 1. The van der Waals surface area contributed by atoms with Gasteiger partial charge in [-0.15, -0.1) is 0 Å². The van der Waals surface area contributed by atoms with Crippen molar-refractivity contribution in [1.29, 1.82) is 0 Å². The number of amides is 1. The maximum Gasteiger partial charge on any atom is 0.261 e. The third-order valence-corrected chi connectivity index (χ3v) is 7.82. The van der Waals surface area contributed by atoms with Gasteiger partial charge in [-0.2, -0.15) is 0 Å². The van der Waals surface area contributed by atoms with Crippen LogP contribution in [0.15, 0.2) is 53.4 Å². The maximum absolute atomic E-state index is 13.1. The van der Waals surface area contributed by atoms with E-state index < -0.39 is 15.8 Å². The normalized spacial score (nSPS) is 22.5. The number of benzene rings is 2. The van der Waals surface area contributed by atoms with Crippen LogP contribution in [0, 0.1) is 11.7 Å². The van der Waals surface area contributed by atoms with Crippen LogP contribution in [0.25, 0.3) is 0 Å². The zero-order valence-corrected chi connectivity index (χ0v) is 20.4. The number of carbonyl (C=O) groups is 1. The number of nitrogens with zero attached hydrogens (tertiary/aromatic N) is 2. The molecule has 0 aliphatic carbocycles. The third kappa shape index (κ3) is 6.14. The Bertz CT molecular complexity index is 1070. The van der Waals surface area contributed by atoms with Gasteiger partial charge in [0.2, 0.25) is 0 Å². The first-order valence-electron chi connectivity index (χ1n) is 11.7. The van der Waals surface area contributed by atoms with Gasteiger partial charge in [0.05, 0.1) is 17.1 Å². The number of rotatable bonds is 6. The van der Waals surface area contributed by atoms with Gasteiger partial charge in [0, 0.05) is 44.0 Å². The van der Waals surface area contributed by atoms with Gasteiger partial charge in [-0.1, -0.05) is 0 Å². The molecule has 2 saturated heterocycles. The number of piperidine rings is 1. The van der Waals surface area contributed by atoms with Crippen molar-refractivity contribution in [3.05, 3.63) is 59.9 Å². The summed E-state index contributed by atoms with van der Waals surface area (Å²) in [5.41, 5.74) is 0.868. The number of nitrogens with one attached hydrogen (secondary N) is 1. The molecule has 1 N–H and O–H groups in total. The van der Waals surface area contributed by atoms with Crippen LogP contribution in [0.1, 0.15) is 37.0 Å². The second-order valence-corrected chi connectivity index (χ2v) is 11.0. The minimum Gasteiger partial charge on any atom is -0.373 e. The fourth-order valence-corrected chi connectivity index (χ4v) is 5.87. The summed E-state index contributed by atoms with van der Waals surface area (Å²) in [6.07, 6.45) is 2.46. The Morgan fingerprint density at radius 2 is 1.59 bits per heavy atom. The average molecular weight is 490 g/mol. The van der Waals surface area contributed by atoms with Crippen molar-refractivity contribution in [2.45, 2.75) is 43.8 Å². The van der Waals surface area contributed by atoms with Crippen molar-refractivity contribution in [2.75, 3.05) is 37.4 Å². The van der Waals surface area contributed by atoms with E-state index in [9.17, 15) is 17.6 Å². The molecule has 0 aromatic heterocycles. The van der Waals surface area contributed by atoms with E-state index in [0.717, 1.165) is 57.7 Å². The molecule has 2 unspecified atom stereocenters. The Kier molecular flexibility index (Phi) is 7.54. The standard InChI is InChI=1S/C25H32FN3O4S/c1-18-15-28(16-19(2)33-18)17-20-11-13-29(14-12-20)25(30)21-3-7-23(8-4-21)27-34(31,32)24-9-5-22(26)6-10-24/h3-10,18-20,27H,11-17H2,1-2H3. The number of likely N-dealkylation sites (tertiary alicyclic amines) is 1. The van der Waals surface area contributed by atoms with Gasteiger partial charge < -0.3 is 9.64 Å². The second kappa shape index (κ2) is 10.4. The Hall–Kier alpha value is -2.49. The minimum atomic E-state index is -3.83. The number of hydrogen-bond donors (Lipinski definition) is 1. The van der Waals surface area contributed by atoms with Gasteiger partial charge in [0.25, 0.3) is 15.9 Å². The molecule has 34 heavy (non-hydrogen) atoms. The predicted octanol–water partition coefficient (Wildman–Crippen LogP) is 3.59. The summed E-state index contributed by atoms with van der Waals surface area (Å²) in [5, 5.41) is 0. The lowest BCUT2D eigenvalue weighted by Gasteiger charge is -2.39. The maximum atomic E-state index is 13.1. The molecule has 0 bridgehead atoms. The predicted molar refractivity (Wildman–Crippen MR) is 129 cm³/mol. The van der Waals surface area contributed by atoms with Crippen LogP contribution in [-0.2, 0) is 14.8 Å². The first-order valence-corrected chi connectivity index (χ1v) is 13.2. The van der Waals surface area contributed by atoms with Crippen LogP contribution < -0.4 is 4.72 Å². The topological polar surface area (TPSA) is 79.0 Å². The number of morpholine rings is 1. The average Bonchev–Trinajstić information content (AvgIpc) is 2.79. The Labute approximate surface area is 200 Å². The van der Waals surface area contributed by atoms with E-state index in [1.165, 1.54) is 12.1 Å². The van der Waals surface area contributed by atoms with Gasteiger partial charge in [-0.25, -0.2) is 12.8 Å². The van der Waals surface area contributed by atoms with Gasteiger partial charge in [-0.3, -0.25) is 14.4 Å². The molecule has 9 heteroatoms. The molecule has 0 spiro atoms. The SMILES string of the molecule is CC1CN(CC2CCN(C(=O)c3ccc(NS(=O)(=O)c4ccc(F)cc4)cc3)CC2)CC(C)O1. The Morgan fingerprint density at radius 3 is 2.18 bits per heavy atom. The van der Waals surface area contributed by atoms with E-state index in [2.05, 4.69) is 23.5 Å². The fraction of sp³-hybridized carbons (Fsp3) is 0.480. The van der Waals surface area contributed by atoms with E-state index in [1.54, 1.807) is 24.3 Å². The lowest BCUT2D eigenvalue weighted by molar-refractivity contribution is -0.0728. The van der Waals surface area contributed by atoms with Crippen LogP contribution in [0.2, 0.25) is 0 Å². The molecule has 2 fully saturated rings. The largest absolute Gasteiger partial charge is 0.373 e. The minimum absolute atomic E-state index is 0.0297. The molecule has 184 valence electrons. The molecular formula is C25H32FN3O4S. The summed E-state index contributed by atoms with van der Waals surface area (Å²) >= 11 is 0. The van der Waals surface area contributed by atoms with Crippen LogP contribution in [0.4, 0.5) is 10.1 Å². The molecule has 2 atom stereocenters. The number of carbonyl (C=O) groups excluding carboxylic acids is 1. The number of ether oxygens (including phenoxy) is 1. The smallest absolute Gasteiger partial charge is 0.261 e. The van der Waals surface area contributed by atoms with Crippen LogP contribution >= 0.6 is 0 Å². The summed E-state index contributed by atoms with van der Waals surface area (Å²) in [7, 11) is -3.83. The highest BCUT2D eigenvalue weighted by atomic mass is 32.2. The van der Waals surface area contributed by atoms with Crippen molar-refractivity contribution >= 4 is 21.6 Å². The molecule has 2 heterocycles. The van der Waals surface area contributed by atoms with Gasteiger partial charge in [-0.05, 0) is 81.1 Å². The second-order valence-electron chi connectivity index (χ2n) is 9.35. The van der Waals surface area contributed by atoms with Crippen molar-refractivity contribution in [1.82, 2.24) is 9.80 Å². The Balaban J connectivity index is 1.30. The van der Waals surface area contributed by atoms with E-state index in [0.29, 0.717) is 17.2 Å². The summed E-state index contributed by atoms with van der Waals surface area (Å²) in [5.74, 6) is 0.0287. The number of hydrogen-bond acceptors (Lipinski definition) is 5. The molecule has 0 saturated carbocycles. The zero-order valence-electron chi connectivity index (χ0n) is 19.6. The van der Waals surface area contributed by atoms with Crippen LogP contribution in [-0.4, -0.2) is 69.1 Å². The van der Waals surface area contributed by atoms with E-state index in [-0.39, 0.29) is 23.0 Å². The number of halogens is 1. The van der Waals surface area contributed by atoms with Gasteiger partial charge in [0.15, 0.2) is 0 Å².